The largest absolute Gasteiger partial charge is 0.383 e. The van der Waals surface area contributed by atoms with Gasteiger partial charge in [-0.3, -0.25) is 14.4 Å². The fraction of sp³-hybridized carbons (Fsp3) is 0.842. The van der Waals surface area contributed by atoms with Crippen molar-refractivity contribution in [3.8, 4) is 0 Å². The average molecular weight is 361 g/mol. The van der Waals surface area contributed by atoms with Gasteiger partial charge in [0.1, 0.15) is 11.3 Å². The summed E-state index contributed by atoms with van der Waals surface area (Å²) >= 11 is 0. The summed E-state index contributed by atoms with van der Waals surface area (Å²) in [7, 11) is 3.70. The fourth-order valence-electron chi connectivity index (χ4n) is 5.15. The number of carbonyl (C=O) groups is 1. The Morgan fingerprint density at radius 2 is 2.12 bits per heavy atom. The van der Waals surface area contributed by atoms with Crippen LogP contribution in [0.4, 0.5) is 0 Å². The number of hydrogen-bond donors (Lipinski definition) is 1. The van der Waals surface area contributed by atoms with Crippen molar-refractivity contribution in [3.63, 3.8) is 0 Å². The van der Waals surface area contributed by atoms with Crippen LogP contribution in [0.1, 0.15) is 50.6 Å². The van der Waals surface area contributed by atoms with Crippen LogP contribution in [0.5, 0.6) is 0 Å². The highest BCUT2D eigenvalue weighted by atomic mass is 16.3. The van der Waals surface area contributed by atoms with E-state index in [2.05, 4.69) is 15.2 Å². The van der Waals surface area contributed by atoms with Gasteiger partial charge in [0.2, 0.25) is 5.91 Å². The van der Waals surface area contributed by atoms with Gasteiger partial charge >= 0.3 is 0 Å². The molecular weight excluding hydrogens is 330 g/mol. The second-order valence-electron chi connectivity index (χ2n) is 8.69. The van der Waals surface area contributed by atoms with Crippen molar-refractivity contribution in [3.05, 3.63) is 11.9 Å². The number of fused-ring (bicyclic) bond motifs is 3. The number of aromatic nitrogens is 3. The van der Waals surface area contributed by atoms with E-state index in [1.807, 2.05) is 25.0 Å². The molecule has 1 amide bonds. The summed E-state index contributed by atoms with van der Waals surface area (Å²) in [6, 6.07) is 0.413. The van der Waals surface area contributed by atoms with E-state index in [0.717, 1.165) is 63.9 Å². The van der Waals surface area contributed by atoms with Crippen LogP contribution in [0.15, 0.2) is 6.20 Å². The normalized spacial score (nSPS) is 33.2. The van der Waals surface area contributed by atoms with E-state index in [1.165, 1.54) is 6.42 Å². The number of aliphatic hydroxyl groups is 1. The Bertz CT molecular complexity index is 652. The van der Waals surface area contributed by atoms with E-state index >= 15 is 0 Å². The third-order valence-electron chi connectivity index (χ3n) is 6.73. The number of hydrogen-bond acceptors (Lipinski definition) is 5. The van der Waals surface area contributed by atoms with Crippen molar-refractivity contribution < 1.29 is 9.90 Å². The Morgan fingerprint density at radius 3 is 2.77 bits per heavy atom. The monoisotopic (exact) mass is 361 g/mol. The molecule has 1 aliphatic carbocycles. The first kappa shape index (κ1) is 17.9. The van der Waals surface area contributed by atoms with Crippen molar-refractivity contribution in [1.82, 2.24) is 24.8 Å². The standard InChI is InChI=1S/C19H31N5O2/c1-22(2)18(25)16-12-23-9-6-14(16)10-15(23)11-24-13-17(20-21-24)19(26)7-4-3-5-8-19/h13-16,26H,3-12H2,1-2H3. The fourth-order valence-corrected chi connectivity index (χ4v) is 5.15. The first-order valence-corrected chi connectivity index (χ1v) is 10.0. The van der Waals surface area contributed by atoms with Gasteiger partial charge in [-0.25, -0.2) is 0 Å². The Hall–Kier alpha value is -1.47. The zero-order chi connectivity index (χ0) is 18.3. The molecule has 2 bridgehead atoms. The van der Waals surface area contributed by atoms with Gasteiger partial charge < -0.3 is 10.0 Å². The first-order valence-electron chi connectivity index (χ1n) is 10.0. The lowest BCUT2D eigenvalue weighted by atomic mass is 9.75. The second-order valence-corrected chi connectivity index (χ2v) is 8.69. The van der Waals surface area contributed by atoms with Crippen LogP contribution >= 0.6 is 0 Å². The summed E-state index contributed by atoms with van der Waals surface area (Å²) in [6.45, 7) is 2.72. The quantitative estimate of drug-likeness (QED) is 0.873. The van der Waals surface area contributed by atoms with Crippen molar-refractivity contribution in [2.45, 2.75) is 63.1 Å². The van der Waals surface area contributed by atoms with Crippen molar-refractivity contribution in [2.75, 3.05) is 27.2 Å². The van der Waals surface area contributed by atoms with E-state index in [-0.39, 0.29) is 11.8 Å². The number of piperidine rings is 3. The van der Waals surface area contributed by atoms with Crippen LogP contribution in [0.25, 0.3) is 0 Å². The highest BCUT2D eigenvalue weighted by Gasteiger charge is 2.44. The predicted octanol–water partition coefficient (Wildman–Crippen LogP) is 1.23. The molecule has 5 rings (SSSR count). The Morgan fingerprint density at radius 1 is 1.35 bits per heavy atom. The van der Waals surface area contributed by atoms with Gasteiger partial charge in [0.25, 0.3) is 0 Å². The maximum absolute atomic E-state index is 12.4. The van der Waals surface area contributed by atoms with Crippen LogP contribution in [0.3, 0.4) is 0 Å². The molecule has 4 aliphatic rings. The molecule has 4 fully saturated rings. The molecule has 1 aromatic rings. The van der Waals surface area contributed by atoms with Crippen molar-refractivity contribution in [2.24, 2.45) is 11.8 Å². The smallest absolute Gasteiger partial charge is 0.226 e. The third-order valence-corrected chi connectivity index (χ3v) is 6.73. The minimum absolute atomic E-state index is 0.143. The molecule has 1 N–H and O–H groups in total. The minimum atomic E-state index is -0.786. The zero-order valence-electron chi connectivity index (χ0n) is 16.0. The van der Waals surface area contributed by atoms with Gasteiger partial charge in [0.05, 0.1) is 18.7 Å². The molecule has 3 saturated heterocycles. The molecule has 1 aromatic heterocycles. The minimum Gasteiger partial charge on any atom is -0.383 e. The molecule has 144 valence electrons. The molecule has 1 saturated carbocycles. The van der Waals surface area contributed by atoms with Gasteiger partial charge in [0, 0.05) is 26.7 Å². The molecule has 7 heteroatoms. The molecule has 7 nitrogen and oxygen atoms in total. The molecular formula is C19H31N5O2. The molecule has 4 heterocycles. The number of rotatable bonds is 4. The maximum atomic E-state index is 12.4. The highest BCUT2D eigenvalue weighted by molar-refractivity contribution is 5.79. The molecule has 3 aliphatic heterocycles. The lowest BCUT2D eigenvalue weighted by molar-refractivity contribution is -0.141. The number of nitrogens with zero attached hydrogens (tertiary/aromatic N) is 5. The van der Waals surface area contributed by atoms with E-state index < -0.39 is 5.60 Å². The van der Waals surface area contributed by atoms with Crippen LogP contribution in [0, 0.1) is 11.8 Å². The summed E-state index contributed by atoms with van der Waals surface area (Å²) in [4.78, 5) is 16.6. The zero-order valence-corrected chi connectivity index (χ0v) is 16.0. The number of carbonyl (C=O) groups excluding carboxylic acids is 1. The van der Waals surface area contributed by atoms with Gasteiger partial charge in [-0.05, 0) is 38.1 Å². The topological polar surface area (TPSA) is 74.5 Å². The molecule has 0 spiro atoms. The average Bonchev–Trinajstić information content (AvgIpc) is 3.11. The molecule has 4 atom stereocenters. The van der Waals surface area contributed by atoms with E-state index in [0.29, 0.717) is 12.0 Å². The Labute approximate surface area is 155 Å². The number of amides is 1. The summed E-state index contributed by atoms with van der Waals surface area (Å²) in [6.07, 6.45) is 8.99. The summed E-state index contributed by atoms with van der Waals surface area (Å²) in [5.74, 6) is 0.885. The maximum Gasteiger partial charge on any atom is 0.226 e. The van der Waals surface area contributed by atoms with Crippen LogP contribution in [-0.4, -0.2) is 69.0 Å². The van der Waals surface area contributed by atoms with Crippen LogP contribution < -0.4 is 0 Å². The van der Waals surface area contributed by atoms with Crippen molar-refractivity contribution in [1.29, 1.82) is 0 Å². The predicted molar refractivity (Wildman–Crippen MR) is 97.3 cm³/mol. The van der Waals surface area contributed by atoms with Crippen LogP contribution in [0.2, 0.25) is 0 Å². The van der Waals surface area contributed by atoms with Gasteiger partial charge in [0.15, 0.2) is 0 Å². The second kappa shape index (κ2) is 6.93. The van der Waals surface area contributed by atoms with E-state index in [1.54, 1.807) is 4.90 Å². The lowest BCUT2D eigenvalue weighted by Gasteiger charge is -2.49. The first-order chi connectivity index (χ1) is 12.5. The molecule has 4 unspecified atom stereocenters. The Balaban J connectivity index is 1.41. The molecule has 0 aromatic carbocycles. The summed E-state index contributed by atoms with van der Waals surface area (Å²) in [5.41, 5.74) is -0.0557. The van der Waals surface area contributed by atoms with E-state index in [4.69, 9.17) is 0 Å². The SMILES string of the molecule is CN(C)C(=O)C1CN2CCC1CC2Cn1cc(C2(O)CCCCC2)nn1. The van der Waals surface area contributed by atoms with E-state index in [9.17, 15) is 9.90 Å². The highest BCUT2D eigenvalue weighted by Crippen LogP contribution is 2.38. The molecule has 26 heavy (non-hydrogen) atoms. The lowest BCUT2D eigenvalue weighted by Crippen LogP contribution is -2.57. The molecule has 0 radical (unpaired) electrons. The van der Waals surface area contributed by atoms with Gasteiger partial charge in [-0.1, -0.05) is 24.5 Å². The van der Waals surface area contributed by atoms with Crippen LogP contribution in [-0.2, 0) is 16.9 Å². The van der Waals surface area contributed by atoms with Crippen molar-refractivity contribution >= 4 is 5.91 Å². The van der Waals surface area contributed by atoms with Gasteiger partial charge in [-0.2, -0.15) is 0 Å². The third kappa shape index (κ3) is 3.27. The summed E-state index contributed by atoms with van der Waals surface area (Å²) < 4.78 is 1.90. The Kier molecular flexibility index (Phi) is 4.77. The van der Waals surface area contributed by atoms with Gasteiger partial charge in [-0.15, -0.1) is 5.10 Å². The summed E-state index contributed by atoms with van der Waals surface area (Å²) in [5, 5.41) is 19.4.